The standard InChI is InChI=1S/C20H20ClFN2O2/c1-26-14-7-5-12(6-8-14)19-15-10-23-9-13(15)11-24(19)20(25)18-16(21)3-2-4-17(18)22/h2-8,13,15,19,23H,9-11H2,1H3/t13-,15-,19-/m0/s1. The zero-order valence-corrected chi connectivity index (χ0v) is 15.2. The third-order valence-electron chi connectivity index (χ3n) is 5.46. The van der Waals surface area contributed by atoms with E-state index >= 15 is 0 Å². The third kappa shape index (κ3) is 2.85. The van der Waals surface area contributed by atoms with E-state index in [4.69, 9.17) is 16.3 Å². The van der Waals surface area contributed by atoms with Crippen molar-refractivity contribution in [1.29, 1.82) is 0 Å². The molecule has 2 heterocycles. The number of nitrogens with zero attached hydrogens (tertiary/aromatic N) is 1. The van der Waals surface area contributed by atoms with Gasteiger partial charge in [0, 0.05) is 25.6 Å². The highest BCUT2D eigenvalue weighted by Crippen LogP contribution is 2.44. The number of amides is 1. The zero-order valence-electron chi connectivity index (χ0n) is 14.4. The Morgan fingerprint density at radius 3 is 2.69 bits per heavy atom. The summed E-state index contributed by atoms with van der Waals surface area (Å²) in [5, 5.41) is 3.56. The largest absolute Gasteiger partial charge is 0.497 e. The van der Waals surface area contributed by atoms with E-state index in [2.05, 4.69) is 5.32 Å². The number of methoxy groups -OCH3 is 1. The van der Waals surface area contributed by atoms with Crippen LogP contribution in [0.25, 0.3) is 0 Å². The Hall–Kier alpha value is -2.11. The van der Waals surface area contributed by atoms with Crippen LogP contribution < -0.4 is 10.1 Å². The molecule has 2 aliphatic rings. The zero-order chi connectivity index (χ0) is 18.3. The molecule has 0 aromatic heterocycles. The molecule has 0 spiro atoms. The monoisotopic (exact) mass is 374 g/mol. The maximum absolute atomic E-state index is 14.3. The van der Waals surface area contributed by atoms with Crippen LogP contribution in [-0.4, -0.2) is 37.6 Å². The molecule has 0 unspecified atom stereocenters. The highest BCUT2D eigenvalue weighted by Gasteiger charge is 2.47. The van der Waals surface area contributed by atoms with Crippen LogP contribution in [0.5, 0.6) is 5.75 Å². The van der Waals surface area contributed by atoms with E-state index in [1.165, 1.54) is 12.1 Å². The van der Waals surface area contributed by atoms with Crippen LogP contribution in [-0.2, 0) is 0 Å². The van der Waals surface area contributed by atoms with Crippen molar-refractivity contribution in [3.63, 3.8) is 0 Å². The maximum atomic E-state index is 14.3. The molecule has 1 amide bonds. The molecule has 26 heavy (non-hydrogen) atoms. The van der Waals surface area contributed by atoms with Gasteiger partial charge in [0.2, 0.25) is 0 Å². The molecular weight excluding hydrogens is 355 g/mol. The predicted molar refractivity (Wildman–Crippen MR) is 98.0 cm³/mol. The minimum absolute atomic E-state index is 0.0411. The van der Waals surface area contributed by atoms with Gasteiger partial charge in [0.25, 0.3) is 5.91 Å². The Bertz CT molecular complexity index is 807. The SMILES string of the molecule is COc1ccc([C@H]2[C@H]3CNC[C@H]3CN2C(=O)c2c(F)cccc2Cl)cc1. The summed E-state index contributed by atoms with van der Waals surface area (Å²) in [7, 11) is 1.62. The van der Waals surface area contributed by atoms with Gasteiger partial charge in [-0.25, -0.2) is 4.39 Å². The minimum Gasteiger partial charge on any atom is -0.497 e. The van der Waals surface area contributed by atoms with Gasteiger partial charge < -0.3 is 15.0 Å². The highest BCUT2D eigenvalue weighted by atomic mass is 35.5. The summed E-state index contributed by atoms with van der Waals surface area (Å²) in [5.74, 6) is 0.506. The molecule has 0 radical (unpaired) electrons. The number of rotatable bonds is 3. The molecule has 6 heteroatoms. The van der Waals surface area contributed by atoms with E-state index < -0.39 is 5.82 Å². The van der Waals surface area contributed by atoms with Gasteiger partial charge in [-0.05, 0) is 35.7 Å². The molecule has 4 rings (SSSR count). The van der Waals surface area contributed by atoms with Crippen molar-refractivity contribution in [3.8, 4) is 5.75 Å². The number of carbonyl (C=O) groups excluding carboxylic acids is 1. The Morgan fingerprint density at radius 1 is 1.23 bits per heavy atom. The van der Waals surface area contributed by atoms with Crippen LogP contribution in [0.15, 0.2) is 42.5 Å². The van der Waals surface area contributed by atoms with Gasteiger partial charge in [-0.1, -0.05) is 29.8 Å². The van der Waals surface area contributed by atoms with Crippen LogP contribution in [0.4, 0.5) is 4.39 Å². The van der Waals surface area contributed by atoms with Gasteiger partial charge in [0.05, 0.1) is 23.7 Å². The van der Waals surface area contributed by atoms with Crippen molar-refractivity contribution in [2.75, 3.05) is 26.7 Å². The number of nitrogens with one attached hydrogen (secondary N) is 1. The molecule has 3 atom stereocenters. The lowest BCUT2D eigenvalue weighted by atomic mass is 9.89. The number of halogens is 2. The van der Waals surface area contributed by atoms with Crippen molar-refractivity contribution >= 4 is 17.5 Å². The van der Waals surface area contributed by atoms with E-state index in [1.54, 1.807) is 18.1 Å². The number of likely N-dealkylation sites (tertiary alicyclic amines) is 1. The number of fused-ring (bicyclic) bond motifs is 1. The van der Waals surface area contributed by atoms with E-state index in [0.29, 0.717) is 18.4 Å². The predicted octanol–water partition coefficient (Wildman–Crippen LogP) is 3.52. The average Bonchev–Trinajstić information content (AvgIpc) is 3.22. The lowest BCUT2D eigenvalue weighted by Crippen LogP contribution is -2.35. The fraction of sp³-hybridized carbons (Fsp3) is 0.350. The minimum atomic E-state index is -0.578. The van der Waals surface area contributed by atoms with Crippen LogP contribution in [0.1, 0.15) is 22.0 Å². The lowest BCUT2D eigenvalue weighted by Gasteiger charge is -2.29. The molecule has 2 saturated heterocycles. The van der Waals surface area contributed by atoms with Crippen LogP contribution >= 0.6 is 11.6 Å². The topological polar surface area (TPSA) is 41.6 Å². The molecular formula is C20H20ClFN2O2. The van der Waals surface area contributed by atoms with Gasteiger partial charge >= 0.3 is 0 Å². The van der Waals surface area contributed by atoms with Crippen LogP contribution in [0, 0.1) is 17.7 Å². The first-order chi connectivity index (χ1) is 12.6. The number of hydrogen-bond donors (Lipinski definition) is 1. The normalized spacial score (nSPS) is 24.6. The molecule has 0 aliphatic carbocycles. The molecule has 2 fully saturated rings. The lowest BCUT2D eigenvalue weighted by molar-refractivity contribution is 0.0709. The third-order valence-corrected chi connectivity index (χ3v) is 5.77. The van der Waals surface area contributed by atoms with E-state index in [-0.39, 0.29) is 22.5 Å². The van der Waals surface area contributed by atoms with Crippen molar-refractivity contribution in [2.45, 2.75) is 6.04 Å². The molecule has 0 bridgehead atoms. The van der Waals surface area contributed by atoms with Crippen LogP contribution in [0.3, 0.4) is 0 Å². The fourth-order valence-electron chi connectivity index (χ4n) is 4.20. The van der Waals surface area contributed by atoms with E-state index in [1.807, 2.05) is 24.3 Å². The first-order valence-corrected chi connectivity index (χ1v) is 9.07. The van der Waals surface area contributed by atoms with Crippen LogP contribution in [0.2, 0.25) is 5.02 Å². The summed E-state index contributed by atoms with van der Waals surface area (Å²) in [6.45, 7) is 2.31. The van der Waals surface area contributed by atoms with Gasteiger partial charge in [0.15, 0.2) is 0 Å². The van der Waals surface area contributed by atoms with E-state index in [0.717, 1.165) is 24.4 Å². The highest BCUT2D eigenvalue weighted by molar-refractivity contribution is 6.33. The smallest absolute Gasteiger partial charge is 0.258 e. The molecule has 136 valence electrons. The second kappa shape index (κ2) is 6.89. The molecule has 0 saturated carbocycles. The molecule has 4 nitrogen and oxygen atoms in total. The van der Waals surface area contributed by atoms with Crippen molar-refractivity contribution < 1.29 is 13.9 Å². The summed E-state index contributed by atoms with van der Waals surface area (Å²) in [6, 6.07) is 12.0. The first-order valence-electron chi connectivity index (χ1n) is 8.70. The van der Waals surface area contributed by atoms with Gasteiger partial charge in [0.1, 0.15) is 11.6 Å². The van der Waals surface area contributed by atoms with Crippen molar-refractivity contribution in [3.05, 3.63) is 64.4 Å². The Morgan fingerprint density at radius 2 is 2.00 bits per heavy atom. The average molecular weight is 375 g/mol. The van der Waals surface area contributed by atoms with Gasteiger partial charge in [-0.2, -0.15) is 0 Å². The van der Waals surface area contributed by atoms with Gasteiger partial charge in [-0.15, -0.1) is 0 Å². The first kappa shape index (κ1) is 17.3. The maximum Gasteiger partial charge on any atom is 0.258 e. The quantitative estimate of drug-likeness (QED) is 0.893. The van der Waals surface area contributed by atoms with Crippen molar-refractivity contribution in [2.24, 2.45) is 11.8 Å². The Kier molecular flexibility index (Phi) is 4.59. The Balaban J connectivity index is 1.72. The fourth-order valence-corrected chi connectivity index (χ4v) is 4.45. The molecule has 2 aromatic rings. The van der Waals surface area contributed by atoms with Gasteiger partial charge in [-0.3, -0.25) is 4.79 Å². The number of carbonyl (C=O) groups is 1. The molecule has 2 aromatic carbocycles. The second-order valence-corrected chi connectivity index (χ2v) is 7.26. The molecule has 1 N–H and O–H groups in total. The summed E-state index contributed by atoms with van der Waals surface area (Å²) in [5.41, 5.74) is 0.989. The van der Waals surface area contributed by atoms with Crippen molar-refractivity contribution in [1.82, 2.24) is 10.2 Å². The molecule has 2 aliphatic heterocycles. The number of benzene rings is 2. The van der Waals surface area contributed by atoms with E-state index in [9.17, 15) is 9.18 Å². The Labute approximate surface area is 156 Å². The summed E-state index contributed by atoms with van der Waals surface area (Å²) in [4.78, 5) is 15.0. The summed E-state index contributed by atoms with van der Waals surface area (Å²) in [6.07, 6.45) is 0. The summed E-state index contributed by atoms with van der Waals surface area (Å²) >= 11 is 6.14. The summed E-state index contributed by atoms with van der Waals surface area (Å²) < 4.78 is 19.5. The number of hydrogen-bond acceptors (Lipinski definition) is 3. The number of ether oxygens (including phenoxy) is 1. The second-order valence-electron chi connectivity index (χ2n) is 6.85.